The number of rotatable bonds is 51. The minimum Gasteiger partial charge on any atom is -0.465 e. The van der Waals surface area contributed by atoms with Gasteiger partial charge in [0.05, 0.1) is 51.8 Å². The van der Waals surface area contributed by atoms with Gasteiger partial charge < -0.3 is 42.8 Å². The Morgan fingerprint density at radius 2 is 0.822 bits per heavy atom. The van der Waals surface area contributed by atoms with E-state index in [1.165, 1.54) is 77.0 Å². The van der Waals surface area contributed by atoms with Crippen LogP contribution in [-0.4, -0.2) is 108 Å². The summed E-state index contributed by atoms with van der Waals surface area (Å²) >= 11 is 0. The van der Waals surface area contributed by atoms with Gasteiger partial charge in [0.25, 0.3) is 0 Å². The molecule has 1 fully saturated rings. The van der Waals surface area contributed by atoms with Gasteiger partial charge in [0.15, 0.2) is 12.6 Å². The van der Waals surface area contributed by atoms with Gasteiger partial charge in [0, 0.05) is 25.3 Å². The number of likely N-dealkylation sites (tertiary alicyclic amines) is 1. The van der Waals surface area contributed by atoms with Gasteiger partial charge in [0.1, 0.15) is 19.8 Å². The molecule has 1 aliphatic rings. The topological polar surface area (TPSA) is 128 Å². The van der Waals surface area contributed by atoms with Gasteiger partial charge in [-0.15, -0.1) is 0 Å². The Labute approximate surface area is 446 Å². The SMILES string of the molecule is CCCCC/C=C\CCCOC(CCC(=O)OCC(COC(=O)CCC(OCCC/C=C\CCCCC)OCCC/C=C\CCCCC)COC(=O)OCC1CCCN(CC)C1)OCCC/C=C\CCCCC. The fourth-order valence-electron chi connectivity index (χ4n) is 8.25. The van der Waals surface area contributed by atoms with Crippen LogP contribution in [-0.2, 0) is 47.5 Å². The van der Waals surface area contributed by atoms with Crippen LogP contribution in [0.1, 0.15) is 227 Å². The third-order valence-electron chi connectivity index (χ3n) is 12.9. The Morgan fingerprint density at radius 1 is 0.466 bits per heavy atom. The molecule has 0 aromatic carbocycles. The highest BCUT2D eigenvalue weighted by atomic mass is 16.7. The van der Waals surface area contributed by atoms with Crippen molar-refractivity contribution in [2.24, 2.45) is 11.8 Å². The van der Waals surface area contributed by atoms with E-state index in [0.29, 0.717) is 39.3 Å². The van der Waals surface area contributed by atoms with Gasteiger partial charge in [-0.2, -0.15) is 0 Å². The van der Waals surface area contributed by atoms with E-state index in [1.54, 1.807) is 0 Å². The first-order valence-electron chi connectivity index (χ1n) is 29.7. The standard InChI is InChI=1S/C61H109NO11/c1-6-11-15-19-23-27-31-35-46-66-59(67-47-36-32-28-24-20-16-12-7-2)43-41-57(63)70-52-56(54-73-61(65)72-51-55-40-39-45-62(10-5)50-55)53-71-58(64)42-44-60(68-48-37-33-29-25-21-17-13-8-3)69-49-38-34-30-26-22-18-14-9-4/h23-30,55-56,59-60H,6-22,31-54H2,1-5H3/b27-23-,28-24-,29-25-,30-26-. The number of carbonyl (C=O) groups is 3. The first-order chi connectivity index (χ1) is 35.8. The second-order valence-corrected chi connectivity index (χ2v) is 19.9. The lowest BCUT2D eigenvalue weighted by Gasteiger charge is -2.31. The van der Waals surface area contributed by atoms with Crippen LogP contribution in [0.15, 0.2) is 48.6 Å². The molecule has 1 saturated heterocycles. The van der Waals surface area contributed by atoms with E-state index in [0.717, 1.165) is 110 Å². The Hall–Kier alpha value is -3.03. The minimum atomic E-state index is -0.788. The molecule has 0 saturated carbocycles. The maximum Gasteiger partial charge on any atom is 0.508 e. The van der Waals surface area contributed by atoms with Crippen molar-refractivity contribution in [3.05, 3.63) is 48.6 Å². The van der Waals surface area contributed by atoms with Crippen molar-refractivity contribution in [3.63, 3.8) is 0 Å². The van der Waals surface area contributed by atoms with E-state index in [-0.39, 0.29) is 45.2 Å². The predicted octanol–water partition coefficient (Wildman–Crippen LogP) is 15.5. The zero-order valence-electron chi connectivity index (χ0n) is 47.4. The maximum absolute atomic E-state index is 13.2. The number of unbranched alkanes of at least 4 members (excludes halogenated alkanes) is 16. The van der Waals surface area contributed by atoms with Crippen LogP contribution in [0.3, 0.4) is 0 Å². The highest BCUT2D eigenvalue weighted by Gasteiger charge is 2.23. The van der Waals surface area contributed by atoms with Crippen molar-refractivity contribution in [1.82, 2.24) is 4.90 Å². The number of piperidine rings is 1. The average Bonchev–Trinajstić information content (AvgIpc) is 3.40. The van der Waals surface area contributed by atoms with E-state index in [1.807, 2.05) is 0 Å². The van der Waals surface area contributed by atoms with E-state index < -0.39 is 36.6 Å². The van der Waals surface area contributed by atoms with Crippen molar-refractivity contribution < 1.29 is 52.3 Å². The average molecular weight is 1030 g/mol. The molecule has 0 amide bonds. The summed E-state index contributed by atoms with van der Waals surface area (Å²) in [4.78, 5) is 41.7. The molecule has 0 radical (unpaired) electrons. The molecule has 0 aromatic heterocycles. The van der Waals surface area contributed by atoms with Crippen LogP contribution < -0.4 is 0 Å². The number of hydrogen-bond acceptors (Lipinski definition) is 12. The highest BCUT2D eigenvalue weighted by Crippen LogP contribution is 2.18. The number of ether oxygens (including phenoxy) is 8. The minimum absolute atomic E-state index is 0.0801. The van der Waals surface area contributed by atoms with Crippen molar-refractivity contribution in [3.8, 4) is 0 Å². The van der Waals surface area contributed by atoms with Crippen molar-refractivity contribution >= 4 is 18.1 Å². The molecule has 0 bridgehead atoms. The monoisotopic (exact) mass is 1030 g/mol. The molecule has 0 spiro atoms. The van der Waals surface area contributed by atoms with Crippen LogP contribution in [0.5, 0.6) is 0 Å². The van der Waals surface area contributed by atoms with Crippen LogP contribution in [0, 0.1) is 11.8 Å². The third-order valence-corrected chi connectivity index (χ3v) is 12.9. The van der Waals surface area contributed by atoms with E-state index in [2.05, 4.69) is 88.1 Å². The molecule has 12 heteroatoms. The molecular weight excluding hydrogens is 923 g/mol. The first-order valence-corrected chi connectivity index (χ1v) is 29.7. The summed E-state index contributed by atoms with van der Waals surface area (Å²) in [5, 5.41) is 0. The van der Waals surface area contributed by atoms with Crippen molar-refractivity contribution in [2.45, 2.75) is 240 Å². The normalized spacial score (nSPS) is 14.6. The molecule has 73 heavy (non-hydrogen) atoms. The Kier molecular flexibility index (Phi) is 48.8. The van der Waals surface area contributed by atoms with Gasteiger partial charge in [-0.1, -0.05) is 135 Å². The summed E-state index contributed by atoms with van der Waals surface area (Å²) in [6.07, 6.45) is 45.3. The van der Waals surface area contributed by atoms with E-state index >= 15 is 0 Å². The molecule has 12 nitrogen and oxygen atoms in total. The van der Waals surface area contributed by atoms with Gasteiger partial charge >= 0.3 is 18.1 Å². The Bertz CT molecular complexity index is 1250. The molecule has 1 rings (SSSR count). The summed E-state index contributed by atoms with van der Waals surface area (Å²) in [5.41, 5.74) is 0. The lowest BCUT2D eigenvalue weighted by molar-refractivity contribution is -0.163. The van der Waals surface area contributed by atoms with Crippen LogP contribution in [0.2, 0.25) is 0 Å². The quantitative estimate of drug-likeness (QED) is 0.0189. The molecule has 1 atom stereocenters. The number of esters is 2. The van der Waals surface area contributed by atoms with Crippen molar-refractivity contribution in [1.29, 1.82) is 0 Å². The summed E-state index contributed by atoms with van der Waals surface area (Å²) < 4.78 is 47.1. The smallest absolute Gasteiger partial charge is 0.465 e. The van der Waals surface area contributed by atoms with E-state index in [4.69, 9.17) is 37.9 Å². The zero-order chi connectivity index (χ0) is 52.9. The molecule has 0 aromatic rings. The number of hydrogen-bond donors (Lipinski definition) is 0. The largest absolute Gasteiger partial charge is 0.508 e. The maximum atomic E-state index is 13.2. The van der Waals surface area contributed by atoms with Crippen LogP contribution >= 0.6 is 0 Å². The molecule has 0 N–H and O–H groups in total. The predicted molar refractivity (Wildman–Crippen MR) is 297 cm³/mol. The zero-order valence-corrected chi connectivity index (χ0v) is 47.4. The molecule has 1 aliphatic heterocycles. The highest BCUT2D eigenvalue weighted by molar-refractivity contribution is 5.70. The fraction of sp³-hybridized carbons (Fsp3) is 0.820. The van der Waals surface area contributed by atoms with E-state index in [9.17, 15) is 14.4 Å². The van der Waals surface area contributed by atoms with Gasteiger partial charge in [-0.3, -0.25) is 9.59 Å². The number of allylic oxidation sites excluding steroid dienone is 8. The van der Waals surface area contributed by atoms with Gasteiger partial charge in [0.2, 0.25) is 0 Å². The van der Waals surface area contributed by atoms with Crippen molar-refractivity contribution in [2.75, 3.05) is 72.5 Å². The fourth-order valence-corrected chi connectivity index (χ4v) is 8.25. The van der Waals surface area contributed by atoms with Crippen LogP contribution in [0.4, 0.5) is 4.79 Å². The molecular formula is C61H109NO11. The van der Waals surface area contributed by atoms with Gasteiger partial charge in [-0.25, -0.2) is 4.79 Å². The number of carbonyl (C=O) groups excluding carboxylic acids is 3. The van der Waals surface area contributed by atoms with Crippen LogP contribution in [0.25, 0.3) is 0 Å². The molecule has 1 heterocycles. The summed E-state index contributed by atoms with van der Waals surface area (Å²) in [7, 11) is 0. The Balaban J connectivity index is 2.86. The first kappa shape index (κ1) is 68.0. The summed E-state index contributed by atoms with van der Waals surface area (Å²) in [6.45, 7) is 15.9. The number of nitrogens with zero attached hydrogens (tertiary/aromatic N) is 1. The third kappa shape index (κ3) is 44.9. The molecule has 424 valence electrons. The lowest BCUT2D eigenvalue weighted by atomic mass is 9.99. The van der Waals surface area contributed by atoms with Gasteiger partial charge in [-0.05, 0) is 129 Å². The lowest BCUT2D eigenvalue weighted by Crippen LogP contribution is -2.37. The summed E-state index contributed by atoms with van der Waals surface area (Å²) in [6, 6.07) is 0. The Morgan fingerprint density at radius 3 is 1.18 bits per heavy atom. The summed E-state index contributed by atoms with van der Waals surface area (Å²) in [5.74, 6) is -1.23. The second-order valence-electron chi connectivity index (χ2n) is 19.9. The second kappa shape index (κ2) is 52.4. The molecule has 1 unspecified atom stereocenters. The molecule has 0 aliphatic carbocycles.